The summed E-state index contributed by atoms with van der Waals surface area (Å²) in [6.07, 6.45) is 3.67. The van der Waals surface area contributed by atoms with Crippen LogP contribution >= 0.6 is 0 Å². The summed E-state index contributed by atoms with van der Waals surface area (Å²) in [5.74, 6) is 0. The Kier molecular flexibility index (Phi) is 4.96. The molecule has 2 heterocycles. The van der Waals surface area contributed by atoms with Gasteiger partial charge in [0.05, 0.1) is 22.4 Å². The van der Waals surface area contributed by atoms with E-state index in [9.17, 15) is 0 Å². The Morgan fingerprint density at radius 1 is 0.500 bits per heavy atom. The lowest BCUT2D eigenvalue weighted by molar-refractivity contribution is 1.11. The Morgan fingerprint density at radius 3 is 1.40 bits per heavy atom. The zero-order valence-corrected chi connectivity index (χ0v) is 16.5. The second-order valence-electron chi connectivity index (χ2n) is 7.28. The molecule has 30 heavy (non-hydrogen) atoms. The van der Waals surface area contributed by atoms with Crippen LogP contribution in [0.25, 0.3) is 21.8 Å². The van der Waals surface area contributed by atoms with Crippen molar-refractivity contribution >= 4 is 33.2 Å². The van der Waals surface area contributed by atoms with Crippen LogP contribution < -0.4 is 10.6 Å². The van der Waals surface area contributed by atoms with Gasteiger partial charge in [-0.25, -0.2) is 0 Å². The summed E-state index contributed by atoms with van der Waals surface area (Å²) in [6, 6.07) is 29.2. The topological polar surface area (TPSA) is 49.8 Å². The molecule has 4 heteroatoms. The molecule has 2 aromatic heterocycles. The predicted octanol–water partition coefficient (Wildman–Crippen LogP) is 6.01. The summed E-state index contributed by atoms with van der Waals surface area (Å²) in [7, 11) is 0. The van der Waals surface area contributed by atoms with Gasteiger partial charge >= 0.3 is 0 Å². The number of benzene rings is 3. The first-order valence-electron chi connectivity index (χ1n) is 10.1. The van der Waals surface area contributed by atoms with Gasteiger partial charge in [0.15, 0.2) is 0 Å². The van der Waals surface area contributed by atoms with Gasteiger partial charge in [0.1, 0.15) is 0 Å². The number of nitrogens with zero attached hydrogens (tertiary/aromatic N) is 2. The molecule has 4 nitrogen and oxygen atoms in total. The van der Waals surface area contributed by atoms with Crippen LogP contribution in [0.4, 0.5) is 11.4 Å². The van der Waals surface area contributed by atoms with Gasteiger partial charge in [0.25, 0.3) is 0 Å². The van der Waals surface area contributed by atoms with Crippen molar-refractivity contribution in [2.75, 3.05) is 10.6 Å². The predicted molar refractivity (Wildman–Crippen MR) is 125 cm³/mol. The van der Waals surface area contributed by atoms with Crippen LogP contribution in [0.1, 0.15) is 11.1 Å². The molecule has 5 rings (SSSR count). The van der Waals surface area contributed by atoms with Crippen molar-refractivity contribution in [2.24, 2.45) is 0 Å². The molecular formula is C26H22N4. The van der Waals surface area contributed by atoms with E-state index < -0.39 is 0 Å². The molecule has 0 aliphatic carbocycles. The lowest BCUT2D eigenvalue weighted by Crippen LogP contribution is -2.03. The van der Waals surface area contributed by atoms with E-state index in [0.29, 0.717) is 0 Å². The Hall–Kier alpha value is -3.92. The van der Waals surface area contributed by atoms with Crippen molar-refractivity contribution in [3.05, 3.63) is 108 Å². The molecular weight excluding hydrogens is 368 g/mol. The highest BCUT2D eigenvalue weighted by Gasteiger charge is 2.03. The SMILES string of the molecule is c1cnc2c(NCc3ccc(CNc4cccc5cccnc45)cc3)cccc2c1. The number of fused-ring (bicyclic) bond motifs is 2. The van der Waals surface area contributed by atoms with E-state index in [-0.39, 0.29) is 0 Å². The van der Waals surface area contributed by atoms with E-state index in [2.05, 4.69) is 93.4 Å². The minimum absolute atomic E-state index is 0.761. The van der Waals surface area contributed by atoms with Crippen molar-refractivity contribution in [1.82, 2.24) is 9.97 Å². The second-order valence-corrected chi connectivity index (χ2v) is 7.28. The number of aromatic nitrogens is 2. The number of rotatable bonds is 6. The van der Waals surface area contributed by atoms with Gasteiger partial charge < -0.3 is 10.6 Å². The highest BCUT2D eigenvalue weighted by molar-refractivity contribution is 5.90. The average Bonchev–Trinajstić information content (AvgIpc) is 2.82. The monoisotopic (exact) mass is 390 g/mol. The van der Waals surface area contributed by atoms with E-state index in [0.717, 1.165) is 46.3 Å². The average molecular weight is 390 g/mol. The molecule has 5 aromatic rings. The number of hydrogen-bond acceptors (Lipinski definition) is 4. The number of hydrogen-bond donors (Lipinski definition) is 2. The van der Waals surface area contributed by atoms with Crippen molar-refractivity contribution in [1.29, 1.82) is 0 Å². The van der Waals surface area contributed by atoms with E-state index in [1.165, 1.54) is 11.1 Å². The van der Waals surface area contributed by atoms with E-state index in [4.69, 9.17) is 0 Å². The number of anilines is 2. The van der Waals surface area contributed by atoms with Crippen LogP contribution in [-0.4, -0.2) is 9.97 Å². The van der Waals surface area contributed by atoms with Crippen LogP contribution in [0.2, 0.25) is 0 Å². The zero-order valence-electron chi connectivity index (χ0n) is 16.5. The third kappa shape index (κ3) is 3.80. The van der Waals surface area contributed by atoms with Gasteiger partial charge in [-0.2, -0.15) is 0 Å². The fourth-order valence-corrected chi connectivity index (χ4v) is 3.66. The first-order chi connectivity index (χ1) is 14.9. The first kappa shape index (κ1) is 18.1. The summed E-state index contributed by atoms with van der Waals surface area (Å²) in [5, 5.41) is 9.32. The molecule has 146 valence electrons. The molecule has 0 atom stereocenters. The molecule has 0 spiro atoms. The van der Waals surface area contributed by atoms with Crippen molar-refractivity contribution in [2.45, 2.75) is 13.1 Å². The maximum Gasteiger partial charge on any atom is 0.0933 e. The Bertz CT molecular complexity index is 1180. The summed E-state index contributed by atoms with van der Waals surface area (Å²) in [5.41, 5.74) is 6.59. The zero-order chi connectivity index (χ0) is 20.2. The van der Waals surface area contributed by atoms with Crippen LogP contribution in [0.3, 0.4) is 0 Å². The van der Waals surface area contributed by atoms with Crippen molar-refractivity contribution in [3.8, 4) is 0 Å². The standard InChI is InChI=1S/C26H22N4/c1-5-21-7-3-15-27-25(21)23(9-1)29-17-19-11-13-20(14-12-19)18-30-24-10-2-6-22-8-4-16-28-26(22)24/h1-16,29-30H,17-18H2. The maximum atomic E-state index is 4.51. The molecule has 0 radical (unpaired) electrons. The molecule has 2 N–H and O–H groups in total. The van der Waals surface area contributed by atoms with Crippen LogP contribution in [0.5, 0.6) is 0 Å². The minimum atomic E-state index is 0.761. The van der Waals surface area contributed by atoms with E-state index >= 15 is 0 Å². The Morgan fingerprint density at radius 2 is 0.933 bits per heavy atom. The minimum Gasteiger partial charge on any atom is -0.379 e. The van der Waals surface area contributed by atoms with E-state index in [1.54, 1.807) is 0 Å². The molecule has 0 amide bonds. The first-order valence-corrected chi connectivity index (χ1v) is 10.1. The summed E-state index contributed by atoms with van der Waals surface area (Å²) in [6.45, 7) is 1.52. The smallest absolute Gasteiger partial charge is 0.0933 e. The third-order valence-electron chi connectivity index (χ3n) is 5.25. The fraction of sp³-hybridized carbons (Fsp3) is 0.0769. The third-order valence-corrected chi connectivity index (χ3v) is 5.25. The lowest BCUT2D eigenvalue weighted by Gasteiger charge is -2.11. The van der Waals surface area contributed by atoms with Crippen LogP contribution in [0, 0.1) is 0 Å². The maximum absolute atomic E-state index is 4.51. The normalized spacial score (nSPS) is 10.9. The second kappa shape index (κ2) is 8.21. The summed E-state index contributed by atoms with van der Waals surface area (Å²) in [4.78, 5) is 9.01. The van der Waals surface area contributed by atoms with E-state index in [1.807, 2.05) is 24.5 Å². The molecule has 3 aromatic carbocycles. The lowest BCUT2D eigenvalue weighted by atomic mass is 10.1. The molecule has 0 aliphatic rings. The number of para-hydroxylation sites is 2. The van der Waals surface area contributed by atoms with Gasteiger partial charge in [-0.05, 0) is 35.4 Å². The van der Waals surface area contributed by atoms with Crippen LogP contribution in [0.15, 0.2) is 97.3 Å². The molecule has 0 aliphatic heterocycles. The van der Waals surface area contributed by atoms with Gasteiger partial charge in [-0.1, -0.05) is 60.7 Å². The number of pyridine rings is 2. The van der Waals surface area contributed by atoms with Gasteiger partial charge in [-0.15, -0.1) is 0 Å². The molecule has 0 bridgehead atoms. The highest BCUT2D eigenvalue weighted by atomic mass is 14.9. The van der Waals surface area contributed by atoms with Gasteiger partial charge in [-0.3, -0.25) is 9.97 Å². The summed E-state index contributed by atoms with van der Waals surface area (Å²) >= 11 is 0. The van der Waals surface area contributed by atoms with Crippen LogP contribution in [-0.2, 0) is 13.1 Å². The largest absolute Gasteiger partial charge is 0.379 e. The molecule has 0 saturated carbocycles. The molecule has 0 unspecified atom stereocenters. The fourth-order valence-electron chi connectivity index (χ4n) is 3.66. The molecule has 0 fully saturated rings. The van der Waals surface area contributed by atoms with Crippen molar-refractivity contribution < 1.29 is 0 Å². The highest BCUT2D eigenvalue weighted by Crippen LogP contribution is 2.23. The number of nitrogens with one attached hydrogen (secondary N) is 2. The van der Waals surface area contributed by atoms with Gasteiger partial charge in [0, 0.05) is 36.3 Å². The Balaban J connectivity index is 1.24. The van der Waals surface area contributed by atoms with Crippen molar-refractivity contribution in [3.63, 3.8) is 0 Å². The summed E-state index contributed by atoms with van der Waals surface area (Å²) < 4.78 is 0. The Labute approximate surface area is 175 Å². The quantitative estimate of drug-likeness (QED) is 0.373. The molecule has 0 saturated heterocycles. The van der Waals surface area contributed by atoms with Gasteiger partial charge in [0.2, 0.25) is 0 Å².